The molecule has 1 aliphatic rings. The first-order chi connectivity index (χ1) is 9.63. The molecule has 2 unspecified atom stereocenters. The van der Waals surface area contributed by atoms with Crippen LogP contribution < -0.4 is 5.32 Å². The molecule has 0 bridgehead atoms. The van der Waals surface area contributed by atoms with Crippen LogP contribution in [0.3, 0.4) is 0 Å². The highest BCUT2D eigenvalue weighted by Crippen LogP contribution is 2.25. The maximum absolute atomic E-state index is 12.2. The summed E-state index contributed by atoms with van der Waals surface area (Å²) < 4.78 is 5.35. The third-order valence-electron chi connectivity index (χ3n) is 3.66. The molecule has 1 aromatic carbocycles. The van der Waals surface area contributed by atoms with Gasteiger partial charge in [-0.05, 0) is 32.8 Å². The average molecular weight is 276 g/mol. The number of benzene rings is 1. The van der Waals surface area contributed by atoms with Gasteiger partial charge < -0.3 is 9.64 Å². The zero-order valence-corrected chi connectivity index (χ0v) is 12.6. The molecule has 1 heterocycles. The Bertz CT molecular complexity index is 444. The minimum Gasteiger partial charge on any atom is -0.382 e. The molecule has 1 saturated heterocycles. The van der Waals surface area contributed by atoms with Crippen molar-refractivity contribution in [2.75, 3.05) is 19.8 Å². The number of carbonyl (C=O) groups excluding carboxylic acids is 1. The SMILES string of the molecule is CCOCCCN1C(=O)C(C)NC1c1ccc(C)cc1. The lowest BCUT2D eigenvalue weighted by atomic mass is 10.1. The predicted octanol–water partition coefficient (Wildman–Crippen LogP) is 2.24. The van der Waals surface area contributed by atoms with E-state index in [1.807, 2.05) is 18.7 Å². The number of hydrogen-bond donors (Lipinski definition) is 1. The van der Waals surface area contributed by atoms with Crippen molar-refractivity contribution >= 4 is 5.91 Å². The van der Waals surface area contributed by atoms with E-state index in [1.165, 1.54) is 5.56 Å². The molecule has 110 valence electrons. The van der Waals surface area contributed by atoms with Crippen molar-refractivity contribution in [3.8, 4) is 0 Å². The smallest absolute Gasteiger partial charge is 0.241 e. The Kier molecular flexibility index (Phi) is 5.15. The molecule has 1 aromatic rings. The number of amides is 1. The summed E-state index contributed by atoms with van der Waals surface area (Å²) in [5.74, 6) is 0.173. The standard InChI is InChI=1S/C16H24N2O2/c1-4-20-11-5-10-18-15(17-13(3)16(18)19)14-8-6-12(2)7-9-14/h6-9,13,15,17H,4-5,10-11H2,1-3H3. The molecule has 0 spiro atoms. The second-order valence-corrected chi connectivity index (χ2v) is 5.28. The summed E-state index contributed by atoms with van der Waals surface area (Å²) in [7, 11) is 0. The summed E-state index contributed by atoms with van der Waals surface area (Å²) in [5.41, 5.74) is 2.37. The van der Waals surface area contributed by atoms with Crippen LogP contribution in [0.5, 0.6) is 0 Å². The van der Waals surface area contributed by atoms with Crippen molar-refractivity contribution in [2.45, 2.75) is 39.4 Å². The molecule has 1 aliphatic heterocycles. The first-order valence-corrected chi connectivity index (χ1v) is 7.34. The van der Waals surface area contributed by atoms with E-state index in [4.69, 9.17) is 4.74 Å². The maximum Gasteiger partial charge on any atom is 0.241 e. The molecule has 0 aromatic heterocycles. The number of carbonyl (C=O) groups is 1. The second-order valence-electron chi connectivity index (χ2n) is 5.28. The van der Waals surface area contributed by atoms with E-state index in [9.17, 15) is 4.79 Å². The van der Waals surface area contributed by atoms with Gasteiger partial charge in [0.05, 0.1) is 6.04 Å². The van der Waals surface area contributed by atoms with Crippen LogP contribution in [0, 0.1) is 6.92 Å². The minimum atomic E-state index is -0.117. The normalized spacial score (nSPS) is 22.6. The van der Waals surface area contributed by atoms with Gasteiger partial charge in [-0.25, -0.2) is 0 Å². The van der Waals surface area contributed by atoms with Gasteiger partial charge in [0.1, 0.15) is 6.17 Å². The average Bonchev–Trinajstić information content (AvgIpc) is 2.72. The van der Waals surface area contributed by atoms with Crippen LogP contribution >= 0.6 is 0 Å². The molecular formula is C16H24N2O2. The number of nitrogens with zero attached hydrogens (tertiary/aromatic N) is 1. The number of nitrogens with one attached hydrogen (secondary N) is 1. The molecule has 20 heavy (non-hydrogen) atoms. The zero-order chi connectivity index (χ0) is 14.5. The number of hydrogen-bond acceptors (Lipinski definition) is 3. The van der Waals surface area contributed by atoms with E-state index < -0.39 is 0 Å². The van der Waals surface area contributed by atoms with Crippen LogP contribution in [-0.4, -0.2) is 36.6 Å². The fourth-order valence-electron chi connectivity index (χ4n) is 2.52. The molecule has 1 N–H and O–H groups in total. The zero-order valence-electron chi connectivity index (χ0n) is 12.6. The van der Waals surface area contributed by atoms with Crippen LogP contribution in [0.15, 0.2) is 24.3 Å². The summed E-state index contributed by atoms with van der Waals surface area (Å²) in [4.78, 5) is 14.2. The van der Waals surface area contributed by atoms with E-state index in [0.717, 1.165) is 25.1 Å². The van der Waals surface area contributed by atoms with E-state index in [0.29, 0.717) is 6.61 Å². The van der Waals surface area contributed by atoms with E-state index in [-0.39, 0.29) is 18.1 Å². The van der Waals surface area contributed by atoms with E-state index in [1.54, 1.807) is 0 Å². The van der Waals surface area contributed by atoms with Gasteiger partial charge in [0.25, 0.3) is 0 Å². The topological polar surface area (TPSA) is 41.6 Å². The van der Waals surface area contributed by atoms with E-state index >= 15 is 0 Å². The van der Waals surface area contributed by atoms with Crippen LogP contribution in [0.4, 0.5) is 0 Å². The van der Waals surface area contributed by atoms with Gasteiger partial charge in [0, 0.05) is 19.8 Å². The Balaban J connectivity index is 2.05. The summed E-state index contributed by atoms with van der Waals surface area (Å²) in [5, 5.41) is 3.37. The molecule has 0 saturated carbocycles. The molecular weight excluding hydrogens is 252 g/mol. The van der Waals surface area contributed by atoms with Gasteiger partial charge in [-0.1, -0.05) is 29.8 Å². The van der Waals surface area contributed by atoms with E-state index in [2.05, 4.69) is 36.5 Å². The van der Waals surface area contributed by atoms with Gasteiger partial charge in [0.2, 0.25) is 5.91 Å². The number of rotatable bonds is 6. The van der Waals surface area contributed by atoms with Crippen molar-refractivity contribution in [1.82, 2.24) is 10.2 Å². The van der Waals surface area contributed by atoms with Gasteiger partial charge in [0.15, 0.2) is 0 Å². The first kappa shape index (κ1) is 15.0. The highest BCUT2D eigenvalue weighted by atomic mass is 16.5. The second kappa shape index (κ2) is 6.86. The summed E-state index contributed by atoms with van der Waals surface area (Å²) in [6.45, 7) is 8.14. The number of ether oxygens (including phenoxy) is 1. The maximum atomic E-state index is 12.2. The van der Waals surface area contributed by atoms with Crippen LogP contribution in [-0.2, 0) is 9.53 Å². The summed E-state index contributed by atoms with van der Waals surface area (Å²) in [6, 6.07) is 8.24. The highest BCUT2D eigenvalue weighted by Gasteiger charge is 2.36. The Hall–Kier alpha value is -1.39. The first-order valence-electron chi connectivity index (χ1n) is 7.34. The Morgan fingerprint density at radius 1 is 1.30 bits per heavy atom. The highest BCUT2D eigenvalue weighted by molar-refractivity contribution is 5.84. The van der Waals surface area contributed by atoms with Crippen molar-refractivity contribution in [1.29, 1.82) is 0 Å². The largest absolute Gasteiger partial charge is 0.382 e. The Morgan fingerprint density at radius 3 is 2.65 bits per heavy atom. The van der Waals surface area contributed by atoms with Crippen molar-refractivity contribution in [3.63, 3.8) is 0 Å². The van der Waals surface area contributed by atoms with Crippen LogP contribution in [0.25, 0.3) is 0 Å². The Morgan fingerprint density at radius 2 is 2.00 bits per heavy atom. The van der Waals surface area contributed by atoms with Crippen molar-refractivity contribution in [2.24, 2.45) is 0 Å². The van der Waals surface area contributed by atoms with Crippen LogP contribution in [0.1, 0.15) is 37.6 Å². The number of aryl methyl sites for hydroxylation is 1. The molecule has 4 heteroatoms. The van der Waals surface area contributed by atoms with Crippen molar-refractivity contribution in [3.05, 3.63) is 35.4 Å². The quantitative estimate of drug-likeness (QED) is 0.810. The van der Waals surface area contributed by atoms with Gasteiger partial charge in [-0.3, -0.25) is 10.1 Å². The lowest BCUT2D eigenvalue weighted by Gasteiger charge is -2.24. The molecule has 4 nitrogen and oxygen atoms in total. The summed E-state index contributed by atoms with van der Waals surface area (Å²) >= 11 is 0. The molecule has 2 atom stereocenters. The molecule has 1 amide bonds. The minimum absolute atomic E-state index is 0.0141. The summed E-state index contributed by atoms with van der Waals surface area (Å²) in [6.07, 6.45) is 0.857. The molecule has 2 rings (SSSR count). The fourth-order valence-corrected chi connectivity index (χ4v) is 2.52. The predicted molar refractivity (Wildman–Crippen MR) is 79.3 cm³/mol. The molecule has 0 radical (unpaired) electrons. The van der Waals surface area contributed by atoms with Crippen LogP contribution in [0.2, 0.25) is 0 Å². The Labute approximate surface area is 121 Å². The molecule has 0 aliphatic carbocycles. The molecule has 1 fully saturated rings. The lowest BCUT2D eigenvalue weighted by molar-refractivity contribution is -0.130. The van der Waals surface area contributed by atoms with Crippen molar-refractivity contribution < 1.29 is 9.53 Å². The van der Waals surface area contributed by atoms with Gasteiger partial charge >= 0.3 is 0 Å². The lowest BCUT2D eigenvalue weighted by Crippen LogP contribution is -2.32. The third-order valence-corrected chi connectivity index (χ3v) is 3.66. The van der Waals surface area contributed by atoms with Gasteiger partial charge in [-0.2, -0.15) is 0 Å². The fraction of sp³-hybridized carbons (Fsp3) is 0.562. The van der Waals surface area contributed by atoms with Gasteiger partial charge in [-0.15, -0.1) is 0 Å². The monoisotopic (exact) mass is 276 g/mol. The third kappa shape index (κ3) is 3.38.